The van der Waals surface area contributed by atoms with E-state index in [1.165, 1.54) is 37.4 Å². The maximum atomic E-state index is 13.1. The lowest BCUT2D eigenvalue weighted by Crippen LogP contribution is -2.02. The van der Waals surface area contributed by atoms with E-state index >= 15 is 0 Å². The van der Waals surface area contributed by atoms with E-state index in [-0.39, 0.29) is 39.4 Å². The Balaban J connectivity index is 1.57. The van der Waals surface area contributed by atoms with Crippen molar-refractivity contribution in [2.75, 3.05) is 7.11 Å². The summed E-state index contributed by atoms with van der Waals surface area (Å²) >= 11 is 0. The van der Waals surface area contributed by atoms with Gasteiger partial charge < -0.3 is 28.9 Å². The molecule has 2 heterocycles. The molecule has 8 heteroatoms. The number of rotatable bonds is 4. The number of methoxy groups -OCH3 is 1. The second-order valence-electron chi connectivity index (χ2n) is 8.93. The third kappa shape index (κ3) is 4.14. The molecular weight excluding hydrogens is 500 g/mol. The number of fused-ring (bicyclic) bond motifs is 2. The zero-order chi connectivity index (χ0) is 27.3. The molecule has 0 saturated heterocycles. The highest BCUT2D eigenvalue weighted by atomic mass is 16.5. The smallest absolute Gasteiger partial charge is 0.197 e. The average Bonchev–Trinajstić information content (AvgIpc) is 2.92. The Bertz CT molecular complexity index is 2020. The van der Waals surface area contributed by atoms with E-state index in [2.05, 4.69) is 0 Å². The Kier molecular flexibility index (Phi) is 5.58. The quantitative estimate of drug-likeness (QED) is 0.257. The first-order chi connectivity index (χ1) is 18.8. The molecule has 0 aliphatic carbocycles. The topological polar surface area (TPSA) is 130 Å². The minimum absolute atomic E-state index is 0.0297. The SMILES string of the molecule is COc1ccc(-c2cc(=O)c3c(O)cc(O)cc3o2)cc1-c1cccc2c(=O)cc(-c3ccc(O)cc3)oc12. The van der Waals surface area contributed by atoms with Crippen LogP contribution in [0, 0.1) is 0 Å². The van der Waals surface area contributed by atoms with Gasteiger partial charge >= 0.3 is 0 Å². The van der Waals surface area contributed by atoms with E-state index in [1.807, 2.05) is 0 Å². The van der Waals surface area contributed by atoms with Crippen molar-refractivity contribution in [1.82, 2.24) is 0 Å². The van der Waals surface area contributed by atoms with Crippen molar-refractivity contribution < 1.29 is 28.9 Å². The molecule has 8 nitrogen and oxygen atoms in total. The second kappa shape index (κ2) is 9.11. The lowest BCUT2D eigenvalue weighted by atomic mass is 9.98. The highest BCUT2D eigenvalue weighted by Gasteiger charge is 2.18. The van der Waals surface area contributed by atoms with E-state index in [9.17, 15) is 24.9 Å². The van der Waals surface area contributed by atoms with Crippen LogP contribution in [0.25, 0.3) is 55.7 Å². The van der Waals surface area contributed by atoms with Crippen molar-refractivity contribution >= 4 is 21.9 Å². The number of phenols is 3. The first-order valence-corrected chi connectivity index (χ1v) is 11.9. The van der Waals surface area contributed by atoms with E-state index < -0.39 is 5.43 Å². The van der Waals surface area contributed by atoms with Gasteiger partial charge in [-0.2, -0.15) is 0 Å². The van der Waals surface area contributed by atoms with Crippen molar-refractivity contribution in [3.05, 3.63) is 105 Å². The first kappa shape index (κ1) is 23.9. The summed E-state index contributed by atoms with van der Waals surface area (Å²) in [4.78, 5) is 25.8. The molecule has 0 atom stereocenters. The van der Waals surface area contributed by atoms with Crippen molar-refractivity contribution in [2.45, 2.75) is 0 Å². The molecule has 0 aliphatic heterocycles. The van der Waals surface area contributed by atoms with Crippen LogP contribution in [0.1, 0.15) is 0 Å². The highest BCUT2D eigenvalue weighted by molar-refractivity contribution is 5.95. The third-order valence-corrected chi connectivity index (χ3v) is 6.48. The lowest BCUT2D eigenvalue weighted by molar-refractivity contribution is 0.416. The number of hydrogen-bond donors (Lipinski definition) is 3. The zero-order valence-electron chi connectivity index (χ0n) is 20.5. The molecule has 0 aliphatic rings. The van der Waals surface area contributed by atoms with Gasteiger partial charge in [-0.3, -0.25) is 9.59 Å². The van der Waals surface area contributed by atoms with Gasteiger partial charge in [-0.1, -0.05) is 12.1 Å². The number of ether oxygens (including phenoxy) is 1. The molecule has 0 fully saturated rings. The fraction of sp³-hybridized carbons (Fsp3) is 0.0323. The number of aromatic hydroxyl groups is 3. The van der Waals surface area contributed by atoms with Crippen molar-refractivity contribution in [3.8, 4) is 56.8 Å². The van der Waals surface area contributed by atoms with Gasteiger partial charge in [-0.05, 0) is 48.5 Å². The predicted molar refractivity (Wildman–Crippen MR) is 146 cm³/mol. The van der Waals surface area contributed by atoms with Crippen LogP contribution in [-0.4, -0.2) is 22.4 Å². The monoisotopic (exact) mass is 520 g/mol. The normalized spacial score (nSPS) is 11.2. The molecule has 192 valence electrons. The Morgan fingerprint density at radius 1 is 0.667 bits per heavy atom. The molecule has 6 rings (SSSR count). The van der Waals surface area contributed by atoms with Crippen molar-refractivity contribution in [2.24, 2.45) is 0 Å². The molecule has 0 radical (unpaired) electrons. The van der Waals surface area contributed by atoms with E-state index in [1.54, 1.807) is 48.5 Å². The molecule has 0 unspecified atom stereocenters. The van der Waals surface area contributed by atoms with Gasteiger partial charge in [0.1, 0.15) is 51.1 Å². The van der Waals surface area contributed by atoms with Crippen LogP contribution in [0.5, 0.6) is 23.0 Å². The van der Waals surface area contributed by atoms with Crippen LogP contribution < -0.4 is 15.6 Å². The van der Waals surface area contributed by atoms with Gasteiger partial charge in [0.05, 0.1) is 12.5 Å². The fourth-order valence-corrected chi connectivity index (χ4v) is 4.63. The minimum atomic E-state index is -0.476. The molecule has 39 heavy (non-hydrogen) atoms. The van der Waals surface area contributed by atoms with Crippen LogP contribution in [0.15, 0.2) is 103 Å². The molecule has 4 aromatic carbocycles. The van der Waals surface area contributed by atoms with Crippen molar-refractivity contribution in [3.63, 3.8) is 0 Å². The number of benzene rings is 4. The van der Waals surface area contributed by atoms with Crippen LogP contribution >= 0.6 is 0 Å². The summed E-state index contributed by atoms with van der Waals surface area (Å²) in [6.07, 6.45) is 0. The summed E-state index contributed by atoms with van der Waals surface area (Å²) in [7, 11) is 1.52. The Morgan fingerprint density at radius 3 is 2.15 bits per heavy atom. The fourth-order valence-electron chi connectivity index (χ4n) is 4.63. The van der Waals surface area contributed by atoms with E-state index in [0.29, 0.717) is 44.7 Å². The Labute approximate surface area is 220 Å². The summed E-state index contributed by atoms with van der Waals surface area (Å²) in [6, 6.07) is 21.7. The predicted octanol–water partition coefficient (Wildman–Crippen LogP) is 6.03. The molecular formula is C31H20O8. The standard InChI is InChI=1S/C31H20O8/c1-37-26-10-7-17(28-15-25(36)30-24(35)12-19(33)13-29(30)38-28)11-22(26)20-3-2-4-21-23(34)14-27(39-31(20)21)16-5-8-18(32)9-6-16/h2-15,32-33,35H,1H3. The van der Waals surface area contributed by atoms with E-state index in [4.69, 9.17) is 13.6 Å². The molecule has 0 spiro atoms. The Hall–Kier alpha value is -5.50. The first-order valence-electron chi connectivity index (χ1n) is 11.9. The maximum absolute atomic E-state index is 13.1. The van der Waals surface area contributed by atoms with Gasteiger partial charge in [0, 0.05) is 46.5 Å². The number of hydrogen-bond acceptors (Lipinski definition) is 8. The summed E-state index contributed by atoms with van der Waals surface area (Å²) < 4.78 is 17.7. The molecule has 3 N–H and O–H groups in total. The van der Waals surface area contributed by atoms with Crippen molar-refractivity contribution in [1.29, 1.82) is 0 Å². The van der Waals surface area contributed by atoms with Crippen LogP contribution in [-0.2, 0) is 0 Å². The summed E-state index contributed by atoms with van der Waals surface area (Å²) in [6.45, 7) is 0. The van der Waals surface area contributed by atoms with Gasteiger partial charge in [-0.15, -0.1) is 0 Å². The highest BCUT2D eigenvalue weighted by Crippen LogP contribution is 2.39. The maximum Gasteiger partial charge on any atom is 0.197 e. The Morgan fingerprint density at radius 2 is 1.38 bits per heavy atom. The largest absolute Gasteiger partial charge is 0.508 e. The van der Waals surface area contributed by atoms with Crippen LogP contribution in [0.2, 0.25) is 0 Å². The molecule has 0 amide bonds. The number of para-hydroxylation sites is 1. The van der Waals surface area contributed by atoms with E-state index in [0.717, 1.165) is 6.07 Å². The molecule has 0 saturated carbocycles. The van der Waals surface area contributed by atoms with Gasteiger partial charge in [0.15, 0.2) is 10.9 Å². The van der Waals surface area contributed by atoms with Crippen LogP contribution in [0.3, 0.4) is 0 Å². The molecule has 2 aromatic heterocycles. The average molecular weight is 520 g/mol. The molecule has 6 aromatic rings. The minimum Gasteiger partial charge on any atom is -0.508 e. The molecule has 0 bridgehead atoms. The van der Waals surface area contributed by atoms with Gasteiger partial charge in [0.2, 0.25) is 0 Å². The number of phenolic OH excluding ortho intramolecular Hbond substituents is 3. The van der Waals surface area contributed by atoms with Gasteiger partial charge in [-0.25, -0.2) is 0 Å². The third-order valence-electron chi connectivity index (χ3n) is 6.48. The summed E-state index contributed by atoms with van der Waals surface area (Å²) in [5.41, 5.74) is 1.93. The van der Waals surface area contributed by atoms with Crippen LogP contribution in [0.4, 0.5) is 0 Å². The lowest BCUT2D eigenvalue weighted by Gasteiger charge is -2.13. The zero-order valence-corrected chi connectivity index (χ0v) is 20.5. The summed E-state index contributed by atoms with van der Waals surface area (Å²) in [5.74, 6) is 0.488. The van der Waals surface area contributed by atoms with Gasteiger partial charge in [0.25, 0.3) is 0 Å². The summed E-state index contributed by atoms with van der Waals surface area (Å²) in [5, 5.41) is 30.0. The second-order valence-corrected chi connectivity index (χ2v) is 8.93.